The highest BCUT2D eigenvalue weighted by Crippen LogP contribution is 2.26. The Kier molecular flexibility index (Phi) is 8.74. The van der Waals surface area contributed by atoms with E-state index in [4.69, 9.17) is 13.9 Å². The lowest BCUT2D eigenvalue weighted by Crippen LogP contribution is -2.48. The molecule has 0 spiro atoms. The third-order valence-corrected chi connectivity index (χ3v) is 7.35. The van der Waals surface area contributed by atoms with Crippen LogP contribution in [0.5, 0.6) is 11.5 Å². The molecule has 210 valence electrons. The Morgan fingerprint density at radius 3 is 2.15 bits per heavy atom. The van der Waals surface area contributed by atoms with E-state index in [0.717, 1.165) is 21.5 Å². The van der Waals surface area contributed by atoms with Gasteiger partial charge in [-0.1, -0.05) is 28.1 Å². The minimum absolute atomic E-state index is 0.0490. The normalized spacial score (nSPS) is 13.3. The number of rotatable bonds is 8. The molecule has 1 aromatic heterocycles. The molecule has 0 aliphatic carbocycles. The number of benzene rings is 3. The summed E-state index contributed by atoms with van der Waals surface area (Å²) in [6.45, 7) is 2.59. The van der Waals surface area contributed by atoms with Gasteiger partial charge >= 0.3 is 0 Å². The van der Waals surface area contributed by atoms with E-state index in [-0.39, 0.29) is 11.8 Å². The zero-order valence-corrected chi connectivity index (χ0v) is 24.4. The van der Waals surface area contributed by atoms with Crippen LogP contribution in [0.1, 0.15) is 16.1 Å². The highest BCUT2D eigenvalue weighted by atomic mass is 79.9. The van der Waals surface area contributed by atoms with E-state index in [1.165, 1.54) is 6.08 Å². The molecule has 1 fully saturated rings. The number of piperazine rings is 1. The summed E-state index contributed by atoms with van der Waals surface area (Å²) in [5.41, 5.74) is 3.23. The second-order valence-corrected chi connectivity index (χ2v) is 10.4. The van der Waals surface area contributed by atoms with Gasteiger partial charge in [-0.2, -0.15) is 0 Å². The number of nitrogens with one attached hydrogen (secondary N) is 1. The lowest BCUT2D eigenvalue weighted by Gasteiger charge is -2.36. The largest absolute Gasteiger partial charge is 0.497 e. The Labute approximate surface area is 247 Å². The fourth-order valence-corrected chi connectivity index (χ4v) is 4.85. The quantitative estimate of drug-likeness (QED) is 0.233. The highest BCUT2D eigenvalue weighted by molar-refractivity contribution is 9.10. The molecule has 0 saturated carbocycles. The van der Waals surface area contributed by atoms with Gasteiger partial charge in [0.05, 0.1) is 14.2 Å². The summed E-state index contributed by atoms with van der Waals surface area (Å²) in [6, 6.07) is 24.5. The van der Waals surface area contributed by atoms with Crippen molar-refractivity contribution in [2.45, 2.75) is 0 Å². The van der Waals surface area contributed by atoms with Crippen molar-refractivity contribution in [1.29, 1.82) is 0 Å². The Bertz CT molecular complexity index is 1520. The second kappa shape index (κ2) is 12.8. The summed E-state index contributed by atoms with van der Waals surface area (Å²) in [4.78, 5) is 29.6. The SMILES string of the molecule is COc1cc(OC)cc(C(=O)N2CCN(c3ccc(NC(=O)/C=C/c4ccc(-c5ccc(Br)cc5)o4)cc3)CC2)c1. The summed E-state index contributed by atoms with van der Waals surface area (Å²) in [5.74, 6) is 2.20. The van der Waals surface area contributed by atoms with E-state index in [1.54, 1.807) is 38.5 Å². The van der Waals surface area contributed by atoms with Gasteiger partial charge in [-0.25, -0.2) is 0 Å². The molecule has 5 rings (SSSR count). The first-order valence-corrected chi connectivity index (χ1v) is 13.9. The number of furan rings is 1. The van der Waals surface area contributed by atoms with Crippen LogP contribution in [0.15, 0.2) is 93.8 Å². The summed E-state index contributed by atoms with van der Waals surface area (Å²) in [5, 5.41) is 2.88. The molecule has 1 N–H and O–H groups in total. The average Bonchev–Trinajstić information content (AvgIpc) is 3.49. The van der Waals surface area contributed by atoms with Crippen molar-refractivity contribution in [3.8, 4) is 22.8 Å². The third kappa shape index (κ3) is 6.99. The summed E-state index contributed by atoms with van der Waals surface area (Å²) < 4.78 is 17.4. The molecule has 1 saturated heterocycles. The summed E-state index contributed by atoms with van der Waals surface area (Å²) >= 11 is 3.43. The fourth-order valence-electron chi connectivity index (χ4n) is 4.59. The van der Waals surface area contributed by atoms with E-state index in [2.05, 4.69) is 26.1 Å². The van der Waals surface area contributed by atoms with Gasteiger partial charge in [0, 0.05) is 65.3 Å². The molecular weight excluding hydrogens is 586 g/mol. The van der Waals surface area contributed by atoms with Crippen molar-refractivity contribution in [2.24, 2.45) is 0 Å². The van der Waals surface area contributed by atoms with Crippen LogP contribution < -0.4 is 19.7 Å². The van der Waals surface area contributed by atoms with Crippen molar-refractivity contribution >= 4 is 45.2 Å². The molecule has 2 heterocycles. The Hall–Kier alpha value is -4.50. The number of amides is 2. The van der Waals surface area contributed by atoms with Crippen LogP contribution in [0.3, 0.4) is 0 Å². The van der Waals surface area contributed by atoms with Crippen LogP contribution in [-0.2, 0) is 4.79 Å². The van der Waals surface area contributed by atoms with Gasteiger partial charge in [0.15, 0.2) is 0 Å². The molecule has 9 heteroatoms. The monoisotopic (exact) mass is 615 g/mol. The second-order valence-electron chi connectivity index (χ2n) is 9.46. The van der Waals surface area contributed by atoms with Crippen LogP contribution >= 0.6 is 15.9 Å². The Morgan fingerprint density at radius 1 is 0.854 bits per heavy atom. The fraction of sp³-hybridized carbons (Fsp3) is 0.188. The van der Waals surface area contributed by atoms with Crippen molar-refractivity contribution < 1.29 is 23.5 Å². The number of halogens is 1. The van der Waals surface area contributed by atoms with E-state index in [1.807, 2.05) is 65.6 Å². The molecule has 4 aromatic rings. The third-order valence-electron chi connectivity index (χ3n) is 6.82. The van der Waals surface area contributed by atoms with Crippen LogP contribution in [-0.4, -0.2) is 57.1 Å². The standard InChI is InChI=1S/C32H30BrN3O5/c1-39-28-19-23(20-29(21-28)40-2)32(38)36-17-15-35(16-18-36)26-9-7-25(8-10-26)34-31(37)14-12-27-11-13-30(41-27)22-3-5-24(33)6-4-22/h3-14,19-21H,15-18H2,1-2H3,(H,34,37)/b14-12+. The van der Waals surface area contributed by atoms with E-state index < -0.39 is 0 Å². The molecule has 41 heavy (non-hydrogen) atoms. The molecule has 8 nitrogen and oxygen atoms in total. The van der Waals surface area contributed by atoms with E-state index in [0.29, 0.717) is 54.7 Å². The molecule has 0 atom stereocenters. The van der Waals surface area contributed by atoms with Gasteiger partial charge in [-0.3, -0.25) is 9.59 Å². The van der Waals surface area contributed by atoms with E-state index >= 15 is 0 Å². The van der Waals surface area contributed by atoms with Crippen molar-refractivity contribution in [2.75, 3.05) is 50.6 Å². The minimum Gasteiger partial charge on any atom is -0.497 e. The summed E-state index contributed by atoms with van der Waals surface area (Å²) in [6.07, 6.45) is 3.10. The zero-order valence-electron chi connectivity index (χ0n) is 22.8. The predicted octanol–water partition coefficient (Wildman–Crippen LogP) is 6.34. The highest BCUT2D eigenvalue weighted by Gasteiger charge is 2.23. The maximum Gasteiger partial charge on any atom is 0.254 e. The van der Waals surface area contributed by atoms with E-state index in [9.17, 15) is 9.59 Å². The van der Waals surface area contributed by atoms with Crippen LogP contribution in [0, 0.1) is 0 Å². The Morgan fingerprint density at radius 2 is 1.51 bits per heavy atom. The van der Waals surface area contributed by atoms with Crippen LogP contribution in [0.25, 0.3) is 17.4 Å². The molecular formula is C32H30BrN3O5. The van der Waals surface area contributed by atoms with Crippen LogP contribution in [0.4, 0.5) is 11.4 Å². The first kappa shape index (κ1) is 28.0. The molecule has 1 aliphatic rings. The van der Waals surface area contributed by atoms with Gasteiger partial charge in [-0.15, -0.1) is 0 Å². The molecule has 2 amide bonds. The van der Waals surface area contributed by atoms with Crippen molar-refractivity contribution in [3.63, 3.8) is 0 Å². The zero-order chi connectivity index (χ0) is 28.8. The lowest BCUT2D eigenvalue weighted by atomic mass is 10.1. The van der Waals surface area contributed by atoms with Crippen LogP contribution in [0.2, 0.25) is 0 Å². The first-order chi connectivity index (χ1) is 19.9. The summed E-state index contributed by atoms with van der Waals surface area (Å²) in [7, 11) is 3.13. The van der Waals surface area contributed by atoms with Gasteiger partial charge in [-0.05, 0) is 66.7 Å². The van der Waals surface area contributed by atoms with Gasteiger partial charge < -0.3 is 29.0 Å². The molecule has 0 unspecified atom stereocenters. The number of ether oxygens (including phenoxy) is 2. The number of hydrogen-bond acceptors (Lipinski definition) is 6. The number of methoxy groups -OCH3 is 2. The number of carbonyl (C=O) groups excluding carboxylic acids is 2. The maximum atomic E-state index is 13.1. The van der Waals surface area contributed by atoms with Gasteiger partial charge in [0.25, 0.3) is 5.91 Å². The molecule has 3 aromatic carbocycles. The topological polar surface area (TPSA) is 84.3 Å². The smallest absolute Gasteiger partial charge is 0.254 e. The number of hydrogen-bond donors (Lipinski definition) is 1. The average molecular weight is 617 g/mol. The van der Waals surface area contributed by atoms with Gasteiger partial charge in [0.1, 0.15) is 23.0 Å². The van der Waals surface area contributed by atoms with Crippen molar-refractivity contribution in [3.05, 3.63) is 101 Å². The Balaban J connectivity index is 1.13. The molecule has 0 radical (unpaired) electrons. The van der Waals surface area contributed by atoms with Gasteiger partial charge in [0.2, 0.25) is 5.91 Å². The first-order valence-electron chi connectivity index (χ1n) is 13.1. The number of nitrogens with zero attached hydrogens (tertiary/aromatic N) is 2. The molecule has 0 bridgehead atoms. The van der Waals surface area contributed by atoms with Crippen molar-refractivity contribution in [1.82, 2.24) is 4.90 Å². The number of anilines is 2. The lowest BCUT2D eigenvalue weighted by molar-refractivity contribution is -0.111. The maximum absolute atomic E-state index is 13.1. The molecule has 1 aliphatic heterocycles. The minimum atomic E-state index is -0.249. The number of carbonyl (C=O) groups is 2. The predicted molar refractivity (Wildman–Crippen MR) is 164 cm³/mol.